The van der Waals surface area contributed by atoms with Crippen LogP contribution in [0.2, 0.25) is 0 Å². The van der Waals surface area contributed by atoms with E-state index in [1.54, 1.807) is 11.3 Å². The van der Waals surface area contributed by atoms with E-state index < -0.39 is 0 Å². The van der Waals surface area contributed by atoms with E-state index in [2.05, 4.69) is 16.8 Å². The molecule has 92 valence electrons. The lowest BCUT2D eigenvalue weighted by Crippen LogP contribution is -2.25. The Kier molecular flexibility index (Phi) is 9.28. The molecule has 5 heteroatoms. The summed E-state index contributed by atoms with van der Waals surface area (Å²) < 4.78 is 0. The van der Waals surface area contributed by atoms with Crippen LogP contribution in [-0.4, -0.2) is 19.0 Å². The zero-order chi connectivity index (χ0) is 10.9. The first kappa shape index (κ1) is 15.4. The third-order valence-corrected chi connectivity index (χ3v) is 3.05. The fourth-order valence-corrected chi connectivity index (χ4v) is 2.05. The molecule has 0 aliphatic carbocycles. The second kappa shape index (κ2) is 9.63. The number of rotatable bonds is 7. The van der Waals surface area contributed by atoms with E-state index >= 15 is 0 Å². The lowest BCUT2D eigenvalue weighted by atomic mass is 10.2. The highest BCUT2D eigenvalue weighted by molar-refractivity contribution is 7.09. The number of carbonyl (C=O) groups is 1. The second-order valence-electron chi connectivity index (χ2n) is 3.43. The van der Waals surface area contributed by atoms with Gasteiger partial charge in [0.25, 0.3) is 0 Å². The van der Waals surface area contributed by atoms with Gasteiger partial charge in [0.1, 0.15) is 0 Å². The summed E-state index contributed by atoms with van der Waals surface area (Å²) >= 11 is 1.75. The standard InChI is InChI=1S/C11H18N2OS.ClH/c12-7-3-8-13-11(14)6-1-4-10-5-2-9-15-10;/h2,5,9H,1,3-4,6-8,12H2,(H,13,14);1H. The van der Waals surface area contributed by atoms with Crippen molar-refractivity contribution in [1.29, 1.82) is 0 Å². The molecule has 0 fully saturated rings. The van der Waals surface area contributed by atoms with Crippen molar-refractivity contribution in [2.45, 2.75) is 25.7 Å². The van der Waals surface area contributed by atoms with E-state index in [1.165, 1.54) is 4.88 Å². The van der Waals surface area contributed by atoms with Crippen LogP contribution in [0.3, 0.4) is 0 Å². The Morgan fingerprint density at radius 3 is 2.88 bits per heavy atom. The van der Waals surface area contributed by atoms with Gasteiger partial charge < -0.3 is 11.1 Å². The number of aryl methyl sites for hydroxylation is 1. The fraction of sp³-hybridized carbons (Fsp3) is 0.545. The predicted octanol–water partition coefficient (Wildman–Crippen LogP) is 1.96. The summed E-state index contributed by atoms with van der Waals surface area (Å²) in [6.07, 6.45) is 3.40. The number of amides is 1. The molecule has 0 saturated heterocycles. The largest absolute Gasteiger partial charge is 0.356 e. The van der Waals surface area contributed by atoms with Crippen molar-refractivity contribution >= 4 is 29.7 Å². The van der Waals surface area contributed by atoms with Crippen molar-refractivity contribution in [2.24, 2.45) is 5.73 Å². The molecule has 1 rings (SSSR count). The quantitative estimate of drug-likeness (QED) is 0.738. The lowest BCUT2D eigenvalue weighted by Gasteiger charge is -2.03. The predicted molar refractivity (Wildman–Crippen MR) is 71.2 cm³/mol. The van der Waals surface area contributed by atoms with Crippen LogP contribution in [0.15, 0.2) is 17.5 Å². The minimum atomic E-state index is 0. The highest BCUT2D eigenvalue weighted by Gasteiger charge is 2.00. The van der Waals surface area contributed by atoms with Gasteiger partial charge in [-0.05, 0) is 37.3 Å². The molecule has 0 bridgehead atoms. The number of thiophene rings is 1. The molecule has 0 unspecified atom stereocenters. The van der Waals surface area contributed by atoms with Crippen molar-refractivity contribution in [3.05, 3.63) is 22.4 Å². The Morgan fingerprint density at radius 1 is 1.44 bits per heavy atom. The molecule has 1 heterocycles. The number of hydrogen-bond donors (Lipinski definition) is 2. The molecule has 0 saturated carbocycles. The van der Waals surface area contributed by atoms with Crippen molar-refractivity contribution in [3.8, 4) is 0 Å². The smallest absolute Gasteiger partial charge is 0.220 e. The topological polar surface area (TPSA) is 55.1 Å². The maximum absolute atomic E-state index is 11.3. The normalized spacial score (nSPS) is 9.56. The van der Waals surface area contributed by atoms with Gasteiger partial charge in [-0.2, -0.15) is 0 Å². The zero-order valence-electron chi connectivity index (χ0n) is 9.28. The van der Waals surface area contributed by atoms with Crippen molar-refractivity contribution < 1.29 is 4.79 Å². The molecule has 3 N–H and O–H groups in total. The fourth-order valence-electron chi connectivity index (χ4n) is 1.30. The SMILES string of the molecule is Cl.NCCCNC(=O)CCCc1cccs1. The van der Waals surface area contributed by atoms with Crippen LogP contribution in [0.4, 0.5) is 0 Å². The van der Waals surface area contributed by atoms with Gasteiger partial charge in [0.15, 0.2) is 0 Å². The van der Waals surface area contributed by atoms with Gasteiger partial charge in [0, 0.05) is 17.8 Å². The molecule has 0 radical (unpaired) electrons. The number of carbonyl (C=O) groups excluding carboxylic acids is 1. The molecular weight excluding hydrogens is 244 g/mol. The molecular formula is C11H19ClN2OS. The summed E-state index contributed by atoms with van der Waals surface area (Å²) in [5.74, 6) is 0.139. The van der Waals surface area contributed by atoms with Crippen LogP contribution in [0.1, 0.15) is 24.1 Å². The molecule has 0 aliphatic rings. The Hall–Kier alpha value is -0.580. The van der Waals surface area contributed by atoms with E-state index in [-0.39, 0.29) is 18.3 Å². The van der Waals surface area contributed by atoms with Crippen molar-refractivity contribution in [2.75, 3.05) is 13.1 Å². The van der Waals surface area contributed by atoms with Crippen LogP contribution in [0.5, 0.6) is 0 Å². The van der Waals surface area contributed by atoms with Crippen LogP contribution in [0, 0.1) is 0 Å². The molecule has 1 aromatic rings. The van der Waals surface area contributed by atoms with Gasteiger partial charge in [-0.1, -0.05) is 6.07 Å². The third-order valence-electron chi connectivity index (χ3n) is 2.11. The summed E-state index contributed by atoms with van der Waals surface area (Å²) in [5, 5.41) is 4.91. The first-order chi connectivity index (χ1) is 7.33. The monoisotopic (exact) mass is 262 g/mol. The van der Waals surface area contributed by atoms with Gasteiger partial charge in [-0.15, -0.1) is 23.7 Å². The minimum absolute atomic E-state index is 0. The first-order valence-corrected chi connectivity index (χ1v) is 6.20. The number of halogens is 1. The summed E-state index contributed by atoms with van der Waals surface area (Å²) in [4.78, 5) is 12.6. The lowest BCUT2D eigenvalue weighted by molar-refractivity contribution is -0.121. The third kappa shape index (κ3) is 6.82. The molecule has 1 aromatic heterocycles. The van der Waals surface area contributed by atoms with Gasteiger partial charge in [-0.3, -0.25) is 4.79 Å². The highest BCUT2D eigenvalue weighted by Crippen LogP contribution is 2.11. The number of nitrogens with two attached hydrogens (primary N) is 1. The van der Waals surface area contributed by atoms with Gasteiger partial charge in [0.05, 0.1) is 0 Å². The van der Waals surface area contributed by atoms with Gasteiger partial charge >= 0.3 is 0 Å². The average molecular weight is 263 g/mol. The molecule has 0 atom stereocenters. The van der Waals surface area contributed by atoms with Crippen molar-refractivity contribution in [3.63, 3.8) is 0 Å². The van der Waals surface area contributed by atoms with Crippen LogP contribution >= 0.6 is 23.7 Å². The average Bonchev–Trinajstić information content (AvgIpc) is 2.71. The molecule has 3 nitrogen and oxygen atoms in total. The van der Waals surface area contributed by atoms with E-state index in [9.17, 15) is 4.79 Å². The molecule has 0 aromatic carbocycles. The van der Waals surface area contributed by atoms with E-state index in [0.29, 0.717) is 19.5 Å². The van der Waals surface area contributed by atoms with Crippen LogP contribution in [0.25, 0.3) is 0 Å². The molecule has 16 heavy (non-hydrogen) atoms. The highest BCUT2D eigenvalue weighted by atomic mass is 35.5. The van der Waals surface area contributed by atoms with Gasteiger partial charge in [-0.25, -0.2) is 0 Å². The summed E-state index contributed by atoms with van der Waals surface area (Å²) in [6, 6.07) is 4.15. The van der Waals surface area contributed by atoms with E-state index in [0.717, 1.165) is 19.3 Å². The molecule has 0 spiro atoms. The summed E-state index contributed by atoms with van der Waals surface area (Å²) in [6.45, 7) is 1.34. The van der Waals surface area contributed by atoms with E-state index in [4.69, 9.17) is 5.73 Å². The first-order valence-electron chi connectivity index (χ1n) is 5.32. The summed E-state index contributed by atoms with van der Waals surface area (Å²) in [7, 11) is 0. The summed E-state index contributed by atoms with van der Waals surface area (Å²) in [5.41, 5.74) is 5.33. The molecule has 0 aliphatic heterocycles. The number of nitrogens with one attached hydrogen (secondary N) is 1. The maximum atomic E-state index is 11.3. The Labute approximate surface area is 107 Å². The van der Waals surface area contributed by atoms with Crippen LogP contribution < -0.4 is 11.1 Å². The second-order valence-corrected chi connectivity index (χ2v) is 4.46. The number of hydrogen-bond acceptors (Lipinski definition) is 3. The zero-order valence-corrected chi connectivity index (χ0v) is 10.9. The van der Waals surface area contributed by atoms with Crippen LogP contribution in [-0.2, 0) is 11.2 Å². The Balaban J connectivity index is 0.00000225. The van der Waals surface area contributed by atoms with Gasteiger partial charge in [0.2, 0.25) is 5.91 Å². The maximum Gasteiger partial charge on any atom is 0.220 e. The minimum Gasteiger partial charge on any atom is -0.356 e. The van der Waals surface area contributed by atoms with Crippen molar-refractivity contribution in [1.82, 2.24) is 5.32 Å². The Bertz CT molecular complexity index is 278. The molecule has 1 amide bonds. The van der Waals surface area contributed by atoms with E-state index in [1.807, 2.05) is 6.07 Å². The Morgan fingerprint density at radius 2 is 2.25 bits per heavy atom.